The average Bonchev–Trinajstić information content (AvgIpc) is 3.57. The first kappa shape index (κ1) is 31.9. The van der Waals surface area contributed by atoms with E-state index in [0.29, 0.717) is 32.2 Å². The summed E-state index contributed by atoms with van der Waals surface area (Å²) in [6.45, 7) is 4.64. The zero-order chi connectivity index (χ0) is 33.4. The van der Waals surface area contributed by atoms with Crippen LogP contribution in [0.2, 0.25) is 5.02 Å². The largest absolute Gasteiger partial charge is 0.463 e. The van der Waals surface area contributed by atoms with E-state index >= 15 is 0 Å². The van der Waals surface area contributed by atoms with Gasteiger partial charge in [0.2, 0.25) is 0 Å². The van der Waals surface area contributed by atoms with Gasteiger partial charge in [-0.05, 0) is 61.6 Å². The molecule has 6 aromatic rings. The van der Waals surface area contributed by atoms with Crippen LogP contribution in [0.1, 0.15) is 40.9 Å². The molecule has 9 heteroatoms. The van der Waals surface area contributed by atoms with Crippen LogP contribution in [0.4, 0.5) is 0 Å². The Balaban J connectivity index is 1.47. The van der Waals surface area contributed by atoms with Crippen molar-refractivity contribution in [3.05, 3.63) is 161 Å². The maximum atomic E-state index is 14.6. The Morgan fingerprint density at radius 1 is 0.979 bits per heavy atom. The number of aromatic nitrogens is 2. The van der Waals surface area contributed by atoms with Gasteiger partial charge >= 0.3 is 5.97 Å². The topological polar surface area (TPSA) is 65.6 Å². The maximum Gasteiger partial charge on any atom is 0.338 e. The number of hydrogen-bond donors (Lipinski definition) is 0. The Kier molecular flexibility index (Phi) is 8.96. The Morgan fingerprint density at radius 3 is 2.42 bits per heavy atom. The van der Waals surface area contributed by atoms with Crippen LogP contribution in [0.25, 0.3) is 22.7 Å². The molecule has 1 aliphatic heterocycles. The lowest BCUT2D eigenvalue weighted by Gasteiger charge is -2.26. The number of hydrogen-bond acceptors (Lipinski definition) is 6. The fourth-order valence-corrected chi connectivity index (χ4v) is 7.90. The Morgan fingerprint density at radius 2 is 1.69 bits per heavy atom. The third-order valence-corrected chi connectivity index (χ3v) is 10.7. The fourth-order valence-electron chi connectivity index (χ4n) is 6.31. The number of thiazole rings is 1. The molecule has 0 N–H and O–H groups in total. The minimum Gasteiger partial charge on any atom is -0.463 e. The summed E-state index contributed by atoms with van der Waals surface area (Å²) in [5, 5.41) is 1.75. The van der Waals surface area contributed by atoms with E-state index in [9.17, 15) is 9.59 Å². The van der Waals surface area contributed by atoms with E-state index in [1.54, 1.807) is 23.3 Å². The van der Waals surface area contributed by atoms with Crippen molar-refractivity contribution in [2.75, 3.05) is 12.9 Å². The Hall–Kier alpha value is -4.63. The van der Waals surface area contributed by atoms with Crippen molar-refractivity contribution in [2.45, 2.75) is 31.3 Å². The van der Waals surface area contributed by atoms with E-state index in [1.165, 1.54) is 11.3 Å². The molecule has 0 aliphatic carbocycles. The molecule has 0 saturated heterocycles. The first-order valence-electron chi connectivity index (χ1n) is 15.6. The Labute approximate surface area is 291 Å². The third kappa shape index (κ3) is 5.74. The van der Waals surface area contributed by atoms with E-state index < -0.39 is 12.0 Å². The molecule has 3 heterocycles. The monoisotopic (exact) mass is 689 g/mol. The molecular formula is C39H32ClN3O3S2. The van der Waals surface area contributed by atoms with Crippen LogP contribution in [0, 0.1) is 6.92 Å². The summed E-state index contributed by atoms with van der Waals surface area (Å²) in [6, 6.07) is 32.9. The number of esters is 1. The highest BCUT2D eigenvalue weighted by molar-refractivity contribution is 7.98. The van der Waals surface area contributed by atoms with Crippen molar-refractivity contribution < 1.29 is 9.53 Å². The predicted molar refractivity (Wildman–Crippen MR) is 197 cm³/mol. The van der Waals surface area contributed by atoms with E-state index in [-0.39, 0.29) is 12.2 Å². The summed E-state index contributed by atoms with van der Waals surface area (Å²) >= 11 is 9.53. The van der Waals surface area contributed by atoms with Gasteiger partial charge in [0.1, 0.15) is 0 Å². The van der Waals surface area contributed by atoms with Crippen molar-refractivity contribution in [1.29, 1.82) is 0 Å². The summed E-state index contributed by atoms with van der Waals surface area (Å²) in [5.41, 5.74) is 6.26. The maximum absolute atomic E-state index is 14.6. The smallest absolute Gasteiger partial charge is 0.338 e. The van der Waals surface area contributed by atoms with Gasteiger partial charge in [-0.2, -0.15) is 0 Å². The van der Waals surface area contributed by atoms with Crippen molar-refractivity contribution >= 4 is 63.3 Å². The molecule has 240 valence electrons. The van der Waals surface area contributed by atoms with Crippen LogP contribution >= 0.6 is 34.7 Å². The van der Waals surface area contributed by atoms with Crippen LogP contribution in [0.15, 0.2) is 123 Å². The van der Waals surface area contributed by atoms with E-state index in [0.717, 1.165) is 43.7 Å². The van der Waals surface area contributed by atoms with Gasteiger partial charge < -0.3 is 9.30 Å². The third-order valence-electron chi connectivity index (χ3n) is 8.65. The number of thioether (sulfide) groups is 1. The first-order chi connectivity index (χ1) is 23.4. The number of rotatable bonds is 8. The molecule has 0 unspecified atom stereocenters. The average molecular weight is 690 g/mol. The number of fused-ring (bicyclic) bond motifs is 2. The summed E-state index contributed by atoms with van der Waals surface area (Å²) < 4.78 is 10.0. The summed E-state index contributed by atoms with van der Waals surface area (Å²) in [5.74, 6) is -0.494. The number of ether oxygens (including phenoxy) is 1. The zero-order valence-corrected chi connectivity index (χ0v) is 29.0. The minimum absolute atomic E-state index is 0.199. The lowest BCUT2D eigenvalue weighted by Crippen LogP contribution is -2.40. The second-order valence-corrected chi connectivity index (χ2v) is 13.7. The molecule has 1 atom stereocenters. The highest BCUT2D eigenvalue weighted by atomic mass is 35.5. The quantitative estimate of drug-likeness (QED) is 0.122. The highest BCUT2D eigenvalue weighted by Gasteiger charge is 2.35. The van der Waals surface area contributed by atoms with Crippen molar-refractivity contribution in [2.24, 2.45) is 4.99 Å². The van der Waals surface area contributed by atoms with Gasteiger partial charge in [-0.3, -0.25) is 9.36 Å². The van der Waals surface area contributed by atoms with Gasteiger partial charge in [-0.25, -0.2) is 9.79 Å². The van der Waals surface area contributed by atoms with Gasteiger partial charge in [0.25, 0.3) is 5.56 Å². The normalized spacial score (nSPS) is 14.7. The number of carbonyl (C=O) groups is 1. The van der Waals surface area contributed by atoms with E-state index in [2.05, 4.69) is 23.6 Å². The summed E-state index contributed by atoms with van der Waals surface area (Å²) in [4.78, 5) is 35.0. The number of halogens is 1. The second kappa shape index (κ2) is 13.5. The predicted octanol–water partition coefficient (Wildman–Crippen LogP) is 7.62. The standard InChI is InChI=1S/C39H32ClN3O3S2/c1-4-46-38(45)34-35(25-12-6-5-7-13-25)41-39-43(36(34)26-18-20-28(47-3)21-19-26)37(44)33(48-39)22-30-24(2)42(32-17-11-9-15-29(30)32)23-27-14-8-10-16-31(27)40/h5-22,36H,4,23H2,1-3H3/t36-/m0/s1. The number of benzene rings is 4. The SMILES string of the molecule is CCOC(=O)C1=C(c2ccccc2)N=c2sc(=Cc3c(C)n(Cc4ccccc4Cl)c4ccccc34)c(=O)n2[C@H]1c1ccc(SC)cc1. The molecule has 7 rings (SSSR count). The van der Waals surface area contributed by atoms with E-state index in [1.807, 2.05) is 103 Å². The van der Waals surface area contributed by atoms with Gasteiger partial charge in [-0.15, -0.1) is 11.8 Å². The van der Waals surface area contributed by atoms with Crippen LogP contribution in [-0.4, -0.2) is 28.0 Å². The van der Waals surface area contributed by atoms with Crippen LogP contribution in [-0.2, 0) is 16.1 Å². The van der Waals surface area contributed by atoms with Crippen LogP contribution in [0.5, 0.6) is 0 Å². The zero-order valence-electron chi connectivity index (χ0n) is 26.6. The molecule has 0 bridgehead atoms. The van der Waals surface area contributed by atoms with Gasteiger partial charge in [-0.1, -0.05) is 102 Å². The lowest BCUT2D eigenvalue weighted by molar-refractivity contribution is -0.138. The van der Waals surface area contributed by atoms with Gasteiger partial charge in [0, 0.05) is 44.2 Å². The molecule has 0 spiro atoms. The molecular weight excluding hydrogens is 658 g/mol. The first-order valence-corrected chi connectivity index (χ1v) is 18.0. The second-order valence-electron chi connectivity index (χ2n) is 11.4. The molecule has 1 aliphatic rings. The molecule has 0 radical (unpaired) electrons. The molecule has 48 heavy (non-hydrogen) atoms. The molecule has 6 nitrogen and oxygen atoms in total. The molecule has 2 aromatic heterocycles. The molecule has 4 aromatic carbocycles. The highest BCUT2D eigenvalue weighted by Crippen LogP contribution is 2.36. The van der Waals surface area contributed by atoms with E-state index in [4.69, 9.17) is 21.3 Å². The molecule has 0 amide bonds. The number of carbonyl (C=O) groups excluding carboxylic acids is 1. The van der Waals surface area contributed by atoms with Crippen LogP contribution in [0.3, 0.4) is 0 Å². The van der Waals surface area contributed by atoms with Gasteiger partial charge in [0.15, 0.2) is 4.80 Å². The van der Waals surface area contributed by atoms with Gasteiger partial charge in [0.05, 0.1) is 28.5 Å². The minimum atomic E-state index is -0.726. The Bertz CT molecular complexity index is 2390. The summed E-state index contributed by atoms with van der Waals surface area (Å²) in [7, 11) is 0. The number of para-hydroxylation sites is 1. The van der Waals surface area contributed by atoms with Crippen molar-refractivity contribution in [3.8, 4) is 0 Å². The molecule has 0 saturated carbocycles. The lowest BCUT2D eigenvalue weighted by atomic mass is 9.93. The summed E-state index contributed by atoms with van der Waals surface area (Å²) in [6.07, 6.45) is 3.98. The number of nitrogens with zero attached hydrogens (tertiary/aromatic N) is 3. The van der Waals surface area contributed by atoms with Crippen molar-refractivity contribution in [3.63, 3.8) is 0 Å². The fraction of sp³-hybridized carbons (Fsp3) is 0.154. The van der Waals surface area contributed by atoms with Crippen LogP contribution < -0.4 is 14.9 Å². The molecule has 0 fully saturated rings. The van der Waals surface area contributed by atoms with Crippen molar-refractivity contribution in [1.82, 2.24) is 9.13 Å².